The van der Waals surface area contributed by atoms with Crippen molar-refractivity contribution in [2.24, 2.45) is 5.73 Å². The van der Waals surface area contributed by atoms with Crippen molar-refractivity contribution in [3.8, 4) is 0 Å². The maximum Gasteiger partial charge on any atom is 0.319 e. The third-order valence-electron chi connectivity index (χ3n) is 4.60. The van der Waals surface area contributed by atoms with Crippen LogP contribution in [0.1, 0.15) is 49.8 Å². The van der Waals surface area contributed by atoms with Gasteiger partial charge in [0.2, 0.25) is 0 Å². The first-order valence-corrected chi connectivity index (χ1v) is 9.93. The van der Waals surface area contributed by atoms with Crippen molar-refractivity contribution < 1.29 is 9.53 Å². The van der Waals surface area contributed by atoms with Gasteiger partial charge in [0.25, 0.3) is 0 Å². The lowest BCUT2D eigenvalue weighted by Gasteiger charge is -2.21. The molecule has 0 amide bonds. The summed E-state index contributed by atoms with van der Waals surface area (Å²) in [5.74, 6) is 0.560. The largest absolute Gasteiger partial charge is 0.464 e. The number of nitrogens with zero attached hydrogens (tertiary/aromatic N) is 2. The number of rotatable bonds is 6. The van der Waals surface area contributed by atoms with E-state index in [0.29, 0.717) is 19.1 Å². The number of ether oxygens (including phenoxy) is 1. The number of carbonyl (C=O) groups excluding carboxylic acids is 1. The molecule has 27 heavy (non-hydrogen) atoms. The van der Waals surface area contributed by atoms with E-state index in [1.165, 1.54) is 44.9 Å². The van der Waals surface area contributed by atoms with Gasteiger partial charge in [0.15, 0.2) is 0 Å². The Morgan fingerprint density at radius 1 is 1.19 bits per heavy atom. The Hall–Kier alpha value is -1.15. The van der Waals surface area contributed by atoms with Crippen LogP contribution in [0.2, 0.25) is 0 Å². The molecule has 0 unspecified atom stereocenters. The molecule has 1 fully saturated rings. The number of aromatic nitrogens is 2. The molecule has 3 N–H and O–H groups in total. The van der Waals surface area contributed by atoms with Gasteiger partial charge in [0.1, 0.15) is 17.0 Å². The quantitative estimate of drug-likeness (QED) is 0.664. The van der Waals surface area contributed by atoms with Crippen LogP contribution in [-0.2, 0) is 16.0 Å². The summed E-state index contributed by atoms with van der Waals surface area (Å²) in [6.45, 7) is 0.273. The molecule has 2 aromatic rings. The highest BCUT2D eigenvalue weighted by atomic mass is 35.5. The molecule has 1 aliphatic carbocycles. The van der Waals surface area contributed by atoms with Crippen LogP contribution in [0, 0.1) is 0 Å². The molecule has 0 atom stereocenters. The number of nitrogens with two attached hydrogens (primary N) is 1. The Bertz CT molecular complexity index is 706. The third-order valence-corrected chi connectivity index (χ3v) is 5.71. The molecule has 0 radical (unpaired) electrons. The molecule has 2 heterocycles. The van der Waals surface area contributed by atoms with Gasteiger partial charge in [0.05, 0.1) is 18.5 Å². The summed E-state index contributed by atoms with van der Waals surface area (Å²) in [6.07, 6.45) is 11.3. The molecular weight excluding hydrogens is 407 g/mol. The Kier molecular flexibility index (Phi) is 10.9. The molecule has 3 rings (SSSR count). The molecule has 9 heteroatoms. The lowest BCUT2D eigenvalue weighted by Crippen LogP contribution is -2.21. The minimum absolute atomic E-state index is 0. The summed E-state index contributed by atoms with van der Waals surface area (Å²) in [5, 5.41) is 4.71. The van der Waals surface area contributed by atoms with Gasteiger partial charge >= 0.3 is 5.97 Å². The summed E-state index contributed by atoms with van der Waals surface area (Å²) < 4.78 is 5.06. The number of fused-ring (bicyclic) bond motifs is 1. The van der Waals surface area contributed by atoms with Crippen molar-refractivity contribution in [3.63, 3.8) is 0 Å². The molecule has 1 saturated carbocycles. The van der Waals surface area contributed by atoms with E-state index in [4.69, 9.17) is 10.5 Å². The van der Waals surface area contributed by atoms with Gasteiger partial charge in [-0.2, -0.15) is 0 Å². The maximum absolute atomic E-state index is 11.1. The molecule has 1 aliphatic rings. The topological polar surface area (TPSA) is 90.1 Å². The van der Waals surface area contributed by atoms with Crippen LogP contribution >= 0.6 is 36.2 Å². The van der Waals surface area contributed by atoms with Gasteiger partial charge in [-0.15, -0.1) is 36.2 Å². The highest BCUT2D eigenvalue weighted by molar-refractivity contribution is 7.18. The molecule has 0 spiro atoms. The number of halogens is 2. The molecule has 2 aromatic heterocycles. The Morgan fingerprint density at radius 2 is 1.89 bits per heavy atom. The van der Waals surface area contributed by atoms with Crippen LogP contribution in [0.3, 0.4) is 0 Å². The molecular formula is C18H28Cl2N4O2S. The predicted octanol–water partition coefficient (Wildman–Crippen LogP) is 4.10. The highest BCUT2D eigenvalue weighted by Gasteiger charge is 2.15. The van der Waals surface area contributed by atoms with Crippen LogP contribution in [0.25, 0.3) is 10.2 Å². The van der Waals surface area contributed by atoms with Crippen LogP contribution < -0.4 is 11.1 Å². The van der Waals surface area contributed by atoms with E-state index in [-0.39, 0.29) is 37.3 Å². The Labute approximate surface area is 176 Å². The summed E-state index contributed by atoms with van der Waals surface area (Å²) in [4.78, 5) is 22.1. The van der Waals surface area contributed by atoms with Gasteiger partial charge in [0, 0.05) is 17.3 Å². The van der Waals surface area contributed by atoms with E-state index in [2.05, 4.69) is 21.4 Å². The van der Waals surface area contributed by atoms with Gasteiger partial charge in [-0.25, -0.2) is 9.97 Å². The SMILES string of the molecule is Cl.Cl.NCC(=O)OCCc1cc2c(NC3CCCCCCC3)ncnc2s1. The van der Waals surface area contributed by atoms with Gasteiger partial charge in [-0.3, -0.25) is 4.79 Å². The number of nitrogens with one attached hydrogen (secondary N) is 1. The molecule has 6 nitrogen and oxygen atoms in total. The van der Waals surface area contributed by atoms with E-state index in [0.717, 1.165) is 20.9 Å². The fourth-order valence-electron chi connectivity index (χ4n) is 3.26. The van der Waals surface area contributed by atoms with Crippen molar-refractivity contribution in [3.05, 3.63) is 17.3 Å². The molecule has 0 bridgehead atoms. The summed E-state index contributed by atoms with van der Waals surface area (Å²) >= 11 is 1.63. The zero-order valence-electron chi connectivity index (χ0n) is 15.3. The van der Waals surface area contributed by atoms with E-state index < -0.39 is 0 Å². The second-order valence-electron chi connectivity index (χ2n) is 6.51. The Morgan fingerprint density at radius 3 is 2.59 bits per heavy atom. The van der Waals surface area contributed by atoms with Crippen molar-refractivity contribution in [2.45, 2.75) is 57.4 Å². The summed E-state index contributed by atoms with van der Waals surface area (Å²) in [7, 11) is 0. The van der Waals surface area contributed by atoms with Gasteiger partial charge in [-0.1, -0.05) is 32.1 Å². The monoisotopic (exact) mass is 434 g/mol. The van der Waals surface area contributed by atoms with Crippen LogP contribution in [0.4, 0.5) is 5.82 Å². The van der Waals surface area contributed by atoms with E-state index in [1.54, 1.807) is 17.7 Å². The average Bonchev–Trinajstić information content (AvgIpc) is 3.00. The first-order valence-electron chi connectivity index (χ1n) is 9.12. The lowest BCUT2D eigenvalue weighted by molar-refractivity contribution is -0.141. The second-order valence-corrected chi connectivity index (χ2v) is 7.63. The van der Waals surface area contributed by atoms with Crippen LogP contribution in [0.15, 0.2) is 12.4 Å². The molecule has 0 aliphatic heterocycles. The van der Waals surface area contributed by atoms with Crippen molar-refractivity contribution in [1.82, 2.24) is 9.97 Å². The summed E-state index contributed by atoms with van der Waals surface area (Å²) in [6, 6.07) is 2.61. The van der Waals surface area contributed by atoms with Crippen molar-refractivity contribution in [1.29, 1.82) is 0 Å². The standard InChI is InChI=1S/C18H26N4O2S.2ClH/c19-11-16(23)24-9-8-14-10-15-17(20-12-21-18(15)25-14)22-13-6-4-2-1-3-5-7-13;;/h10,12-13H,1-9,11,19H2,(H,20,21,22);2*1H. The minimum atomic E-state index is -0.368. The highest BCUT2D eigenvalue weighted by Crippen LogP contribution is 2.30. The molecule has 152 valence electrons. The van der Waals surface area contributed by atoms with Gasteiger partial charge < -0.3 is 15.8 Å². The number of anilines is 1. The zero-order chi connectivity index (χ0) is 17.5. The predicted molar refractivity (Wildman–Crippen MR) is 115 cm³/mol. The van der Waals surface area contributed by atoms with Crippen molar-refractivity contribution >= 4 is 58.2 Å². The number of hydrogen-bond acceptors (Lipinski definition) is 7. The second kappa shape index (κ2) is 12.3. The average molecular weight is 435 g/mol. The first kappa shape index (κ1) is 23.9. The number of esters is 1. The zero-order valence-corrected chi connectivity index (χ0v) is 17.8. The fourth-order valence-corrected chi connectivity index (χ4v) is 4.24. The summed E-state index contributed by atoms with van der Waals surface area (Å²) in [5.41, 5.74) is 5.24. The first-order chi connectivity index (χ1) is 12.3. The lowest BCUT2D eigenvalue weighted by atomic mass is 9.97. The van der Waals surface area contributed by atoms with Crippen LogP contribution in [-0.4, -0.2) is 35.1 Å². The Balaban J connectivity index is 0.00000182. The number of hydrogen-bond donors (Lipinski definition) is 2. The molecule has 0 saturated heterocycles. The minimum Gasteiger partial charge on any atom is -0.464 e. The smallest absolute Gasteiger partial charge is 0.319 e. The van der Waals surface area contributed by atoms with E-state index in [1.807, 2.05) is 0 Å². The number of thiophene rings is 1. The molecule has 0 aromatic carbocycles. The van der Waals surface area contributed by atoms with E-state index in [9.17, 15) is 4.79 Å². The van der Waals surface area contributed by atoms with Crippen LogP contribution in [0.5, 0.6) is 0 Å². The number of carbonyl (C=O) groups is 1. The van der Waals surface area contributed by atoms with Gasteiger partial charge in [-0.05, 0) is 18.9 Å². The maximum atomic E-state index is 11.1. The fraction of sp³-hybridized carbons (Fsp3) is 0.611. The van der Waals surface area contributed by atoms with E-state index >= 15 is 0 Å². The normalized spacial score (nSPS) is 15.1. The van der Waals surface area contributed by atoms with Crippen molar-refractivity contribution in [2.75, 3.05) is 18.5 Å². The third kappa shape index (κ3) is 7.07.